The van der Waals surface area contributed by atoms with E-state index in [0.717, 1.165) is 5.56 Å². The Balaban J connectivity index is 1.87. The second kappa shape index (κ2) is 6.73. The van der Waals surface area contributed by atoms with Crippen LogP contribution in [-0.2, 0) is 9.53 Å². The monoisotopic (exact) mass is 339 g/mol. The highest BCUT2D eigenvalue weighted by atomic mass is 16.6. The number of nitrogens with zero attached hydrogens (tertiary/aromatic N) is 2. The van der Waals surface area contributed by atoms with Crippen molar-refractivity contribution in [2.24, 2.45) is 0 Å². The van der Waals surface area contributed by atoms with Gasteiger partial charge in [0.2, 0.25) is 5.91 Å². The Morgan fingerprint density at radius 2 is 2.04 bits per heavy atom. The molecule has 4 N–H and O–H groups in total. The fraction of sp³-hybridized carbons (Fsp3) is 0.625. The molecular formula is C16H23N2O6+. The first-order chi connectivity index (χ1) is 11.4. The molecule has 6 atom stereocenters. The molecule has 3 heterocycles. The third kappa shape index (κ3) is 2.91. The molecule has 2 aliphatic rings. The number of aliphatic hydroxyl groups is 4. The standard InChI is InChI=1S/C16H23N2O6/c1-17-10(4-5-12(17)20)9-3-2-6-18(7-9)16-15(23)14(22)13(21)11(8-19)24-16/h2-3,6-7,10-11,13-16,19,21-23H,4-5,8H2,1H3/q+1/t10?,11?,13-,14+,15?,16-/m1/s1. The molecule has 0 aliphatic carbocycles. The third-order valence-electron chi connectivity index (χ3n) is 4.88. The lowest BCUT2D eigenvalue weighted by Gasteiger charge is -2.36. The second-order valence-corrected chi connectivity index (χ2v) is 6.36. The molecule has 8 heteroatoms. The van der Waals surface area contributed by atoms with Gasteiger partial charge in [-0.15, -0.1) is 0 Å². The van der Waals surface area contributed by atoms with E-state index in [1.54, 1.807) is 35.0 Å². The van der Waals surface area contributed by atoms with E-state index >= 15 is 0 Å². The number of amides is 1. The summed E-state index contributed by atoms with van der Waals surface area (Å²) in [5.74, 6) is 0.0863. The molecule has 1 aromatic rings. The van der Waals surface area contributed by atoms with Crippen molar-refractivity contribution in [3.05, 3.63) is 30.1 Å². The number of hydrogen-bond acceptors (Lipinski definition) is 6. The van der Waals surface area contributed by atoms with Gasteiger partial charge in [-0.05, 0) is 12.5 Å². The Labute approximate surface area is 139 Å². The minimum Gasteiger partial charge on any atom is -0.394 e. The lowest BCUT2D eigenvalue weighted by Crippen LogP contribution is -2.62. The zero-order valence-electron chi connectivity index (χ0n) is 13.4. The average Bonchev–Trinajstić information content (AvgIpc) is 2.92. The maximum Gasteiger partial charge on any atom is 0.292 e. The molecule has 0 bridgehead atoms. The summed E-state index contributed by atoms with van der Waals surface area (Å²) in [6.07, 6.45) is -1.41. The lowest BCUT2D eigenvalue weighted by atomic mass is 9.98. The second-order valence-electron chi connectivity index (χ2n) is 6.36. The molecule has 3 unspecified atom stereocenters. The van der Waals surface area contributed by atoms with Gasteiger partial charge in [0.1, 0.15) is 18.3 Å². The van der Waals surface area contributed by atoms with E-state index < -0.39 is 37.3 Å². The summed E-state index contributed by atoms with van der Waals surface area (Å²) in [4.78, 5) is 13.4. The van der Waals surface area contributed by atoms with Gasteiger partial charge in [-0.25, -0.2) is 0 Å². The van der Waals surface area contributed by atoms with Crippen LogP contribution in [0.3, 0.4) is 0 Å². The molecule has 24 heavy (non-hydrogen) atoms. The molecule has 0 spiro atoms. The topological polar surface area (TPSA) is 114 Å². The molecule has 2 aliphatic heterocycles. The molecule has 0 radical (unpaired) electrons. The van der Waals surface area contributed by atoms with Crippen molar-refractivity contribution in [2.45, 2.75) is 49.5 Å². The molecule has 0 saturated carbocycles. The van der Waals surface area contributed by atoms with E-state index in [1.807, 2.05) is 6.07 Å². The number of pyridine rings is 1. The van der Waals surface area contributed by atoms with Crippen LogP contribution in [0.1, 0.15) is 30.7 Å². The normalized spacial score (nSPS) is 37.0. The third-order valence-corrected chi connectivity index (χ3v) is 4.88. The van der Waals surface area contributed by atoms with Crippen LogP contribution in [0.4, 0.5) is 0 Å². The Morgan fingerprint density at radius 1 is 1.29 bits per heavy atom. The van der Waals surface area contributed by atoms with Crippen molar-refractivity contribution >= 4 is 5.91 Å². The number of carbonyl (C=O) groups excluding carboxylic acids is 1. The fourth-order valence-electron chi connectivity index (χ4n) is 3.39. The average molecular weight is 339 g/mol. The van der Waals surface area contributed by atoms with Gasteiger partial charge in [0.05, 0.1) is 12.6 Å². The zero-order chi connectivity index (χ0) is 17.4. The van der Waals surface area contributed by atoms with Gasteiger partial charge < -0.3 is 30.1 Å². The van der Waals surface area contributed by atoms with Gasteiger partial charge in [0.25, 0.3) is 6.23 Å². The van der Waals surface area contributed by atoms with E-state index in [2.05, 4.69) is 0 Å². The molecule has 132 valence electrons. The quantitative estimate of drug-likeness (QED) is 0.485. The van der Waals surface area contributed by atoms with E-state index in [4.69, 9.17) is 4.74 Å². The number of carbonyl (C=O) groups is 1. The number of likely N-dealkylation sites (tertiary alicyclic amines) is 1. The van der Waals surface area contributed by atoms with E-state index in [-0.39, 0.29) is 11.9 Å². The van der Waals surface area contributed by atoms with Crippen LogP contribution in [0.5, 0.6) is 0 Å². The van der Waals surface area contributed by atoms with Crippen LogP contribution < -0.4 is 4.57 Å². The maximum atomic E-state index is 11.7. The molecule has 3 rings (SSSR count). The van der Waals surface area contributed by atoms with Crippen molar-refractivity contribution in [2.75, 3.05) is 13.7 Å². The Morgan fingerprint density at radius 3 is 2.67 bits per heavy atom. The van der Waals surface area contributed by atoms with Crippen LogP contribution in [0.25, 0.3) is 0 Å². The Kier molecular flexibility index (Phi) is 4.84. The zero-order valence-corrected chi connectivity index (χ0v) is 13.4. The van der Waals surface area contributed by atoms with E-state index in [9.17, 15) is 25.2 Å². The van der Waals surface area contributed by atoms with Crippen molar-refractivity contribution in [1.29, 1.82) is 0 Å². The number of rotatable bonds is 3. The largest absolute Gasteiger partial charge is 0.394 e. The Hall–Kier alpha value is -1.58. The summed E-state index contributed by atoms with van der Waals surface area (Å²) in [7, 11) is 1.76. The first-order valence-electron chi connectivity index (χ1n) is 8.01. The van der Waals surface area contributed by atoms with Crippen molar-refractivity contribution in [3.8, 4) is 0 Å². The number of aromatic nitrogens is 1. The molecule has 8 nitrogen and oxygen atoms in total. The molecule has 2 fully saturated rings. The highest BCUT2D eigenvalue weighted by molar-refractivity contribution is 5.78. The van der Waals surface area contributed by atoms with Crippen molar-refractivity contribution in [3.63, 3.8) is 0 Å². The van der Waals surface area contributed by atoms with Gasteiger partial charge >= 0.3 is 0 Å². The predicted molar refractivity (Wildman–Crippen MR) is 80.4 cm³/mol. The molecule has 0 aromatic carbocycles. The molecular weight excluding hydrogens is 316 g/mol. The minimum absolute atomic E-state index is 0.0464. The summed E-state index contributed by atoms with van der Waals surface area (Å²) < 4.78 is 7.15. The maximum absolute atomic E-state index is 11.7. The number of aliphatic hydroxyl groups excluding tert-OH is 4. The van der Waals surface area contributed by atoms with Crippen LogP contribution in [0.2, 0.25) is 0 Å². The Bertz CT molecular complexity index is 610. The summed E-state index contributed by atoms with van der Waals surface area (Å²) >= 11 is 0. The highest BCUT2D eigenvalue weighted by Gasteiger charge is 2.48. The summed E-state index contributed by atoms with van der Waals surface area (Å²) in [5.41, 5.74) is 0.891. The first-order valence-corrected chi connectivity index (χ1v) is 8.01. The van der Waals surface area contributed by atoms with Crippen molar-refractivity contribution < 1.29 is 34.5 Å². The molecule has 2 saturated heterocycles. The smallest absolute Gasteiger partial charge is 0.292 e. The predicted octanol–water partition coefficient (Wildman–Crippen LogP) is -1.76. The minimum atomic E-state index is -1.42. The summed E-state index contributed by atoms with van der Waals surface area (Å²) in [6.45, 7) is -0.471. The lowest BCUT2D eigenvalue weighted by molar-refractivity contribution is -0.778. The van der Waals surface area contributed by atoms with Gasteiger partial charge in [-0.2, -0.15) is 4.57 Å². The van der Waals surface area contributed by atoms with Gasteiger partial charge in [0, 0.05) is 25.1 Å². The van der Waals surface area contributed by atoms with E-state index in [0.29, 0.717) is 12.8 Å². The summed E-state index contributed by atoms with van der Waals surface area (Å²) in [6, 6.07) is 3.61. The van der Waals surface area contributed by atoms with Crippen molar-refractivity contribution in [1.82, 2.24) is 4.90 Å². The first kappa shape index (κ1) is 17.2. The van der Waals surface area contributed by atoms with E-state index in [1.165, 1.54) is 0 Å². The SMILES string of the molecule is CN1C(=O)CCC1c1ccc[n+]([C@@H]2OC(CO)[C@@H](O)[C@H](O)C2O)c1. The van der Waals surface area contributed by atoms with Gasteiger partial charge in [0.15, 0.2) is 18.5 Å². The number of hydrogen-bond donors (Lipinski definition) is 4. The van der Waals surface area contributed by atoms with Crippen LogP contribution in [-0.4, -0.2) is 69.3 Å². The van der Waals surface area contributed by atoms with Crippen LogP contribution >= 0.6 is 0 Å². The molecule has 1 amide bonds. The number of ether oxygens (including phenoxy) is 1. The van der Waals surface area contributed by atoms with Crippen LogP contribution in [0.15, 0.2) is 24.5 Å². The molecule has 1 aromatic heterocycles. The fourth-order valence-corrected chi connectivity index (χ4v) is 3.39. The highest BCUT2D eigenvalue weighted by Crippen LogP contribution is 2.31. The van der Waals surface area contributed by atoms with Gasteiger partial charge in [-0.1, -0.05) is 0 Å². The van der Waals surface area contributed by atoms with Gasteiger partial charge in [-0.3, -0.25) is 4.79 Å². The summed E-state index contributed by atoms with van der Waals surface area (Å²) in [5, 5.41) is 39.3. The van der Waals surface area contributed by atoms with Crippen LogP contribution in [0, 0.1) is 0 Å².